The summed E-state index contributed by atoms with van der Waals surface area (Å²) in [5, 5.41) is 0.420. The van der Waals surface area contributed by atoms with Crippen LogP contribution in [0.3, 0.4) is 0 Å². The third-order valence-corrected chi connectivity index (χ3v) is 4.33. The van der Waals surface area contributed by atoms with Gasteiger partial charge < -0.3 is 9.47 Å². The second-order valence-corrected chi connectivity index (χ2v) is 7.00. The normalized spacial score (nSPS) is 11.5. The van der Waals surface area contributed by atoms with Gasteiger partial charge in [-0.3, -0.25) is 19.0 Å². The van der Waals surface area contributed by atoms with Gasteiger partial charge in [-0.15, -0.1) is 0 Å². The number of rotatable bonds is 5. The molecule has 0 aliphatic rings. The largest absolute Gasteiger partial charge is 0.469 e. The minimum absolute atomic E-state index is 0.0953. The Morgan fingerprint density at radius 1 is 1.23 bits per heavy atom. The zero-order chi connectivity index (χ0) is 19.6. The Balaban J connectivity index is 2.56. The highest BCUT2D eigenvalue weighted by Gasteiger charge is 2.30. The molecule has 26 heavy (non-hydrogen) atoms. The SMILES string of the molecule is COC(=O)C(C)(C)Cn1c(C)nc2cc(C)c(COC(C)=O)cc2c1=O. The van der Waals surface area contributed by atoms with Gasteiger partial charge in [0.2, 0.25) is 0 Å². The number of carbonyl (C=O) groups is 2. The molecule has 7 heteroatoms. The predicted molar refractivity (Wildman–Crippen MR) is 96.7 cm³/mol. The van der Waals surface area contributed by atoms with E-state index in [1.54, 1.807) is 32.9 Å². The van der Waals surface area contributed by atoms with Crippen molar-refractivity contribution < 1.29 is 19.1 Å². The standard InChI is InChI=1S/C19H24N2O5/c1-11-7-16-15(8-14(11)9-26-13(3)22)17(23)21(12(2)20-16)10-19(4,5)18(24)25-6/h7-8H,9-10H2,1-6H3. The van der Waals surface area contributed by atoms with Crippen LogP contribution < -0.4 is 5.56 Å². The highest BCUT2D eigenvalue weighted by molar-refractivity contribution is 5.80. The summed E-state index contributed by atoms with van der Waals surface area (Å²) in [5.74, 6) is -0.265. The van der Waals surface area contributed by atoms with Gasteiger partial charge in [-0.05, 0) is 51.0 Å². The monoisotopic (exact) mass is 360 g/mol. The van der Waals surface area contributed by atoms with Crippen LogP contribution in [-0.4, -0.2) is 28.6 Å². The lowest BCUT2D eigenvalue weighted by Crippen LogP contribution is -2.36. The minimum Gasteiger partial charge on any atom is -0.469 e. The smallest absolute Gasteiger partial charge is 0.313 e. The van der Waals surface area contributed by atoms with Crippen molar-refractivity contribution in [1.29, 1.82) is 0 Å². The Hall–Kier alpha value is -2.70. The number of hydrogen-bond acceptors (Lipinski definition) is 6. The maximum Gasteiger partial charge on any atom is 0.313 e. The first-order valence-corrected chi connectivity index (χ1v) is 8.29. The Kier molecular flexibility index (Phi) is 5.49. The summed E-state index contributed by atoms with van der Waals surface area (Å²) in [6.45, 7) is 8.63. The molecule has 2 aromatic rings. The van der Waals surface area contributed by atoms with Gasteiger partial charge in [0.25, 0.3) is 5.56 Å². The highest BCUT2D eigenvalue weighted by atomic mass is 16.5. The van der Waals surface area contributed by atoms with E-state index in [2.05, 4.69) is 4.98 Å². The van der Waals surface area contributed by atoms with Gasteiger partial charge in [-0.1, -0.05) is 0 Å². The van der Waals surface area contributed by atoms with E-state index in [-0.39, 0.29) is 24.7 Å². The van der Waals surface area contributed by atoms with Crippen LogP contribution in [0.25, 0.3) is 10.9 Å². The van der Waals surface area contributed by atoms with E-state index < -0.39 is 11.4 Å². The van der Waals surface area contributed by atoms with Gasteiger partial charge in [-0.25, -0.2) is 4.98 Å². The van der Waals surface area contributed by atoms with Gasteiger partial charge in [0.1, 0.15) is 12.4 Å². The van der Waals surface area contributed by atoms with E-state index in [1.807, 2.05) is 6.92 Å². The molecule has 0 aliphatic carbocycles. The molecular weight excluding hydrogens is 336 g/mol. The molecule has 0 spiro atoms. The summed E-state index contributed by atoms with van der Waals surface area (Å²) in [6, 6.07) is 3.50. The molecule has 0 bridgehead atoms. The fourth-order valence-electron chi connectivity index (χ4n) is 2.79. The Bertz CT molecular complexity index is 928. The van der Waals surface area contributed by atoms with Crippen molar-refractivity contribution in [3.8, 4) is 0 Å². The van der Waals surface area contributed by atoms with E-state index >= 15 is 0 Å². The topological polar surface area (TPSA) is 87.5 Å². The van der Waals surface area contributed by atoms with Crippen molar-refractivity contribution in [1.82, 2.24) is 9.55 Å². The van der Waals surface area contributed by atoms with E-state index in [9.17, 15) is 14.4 Å². The first kappa shape index (κ1) is 19.6. The number of fused-ring (bicyclic) bond motifs is 1. The molecule has 0 saturated heterocycles. The van der Waals surface area contributed by atoms with Gasteiger partial charge in [0.05, 0.1) is 23.4 Å². The van der Waals surface area contributed by atoms with Gasteiger partial charge >= 0.3 is 11.9 Å². The Labute approximate surface area is 151 Å². The number of benzene rings is 1. The first-order valence-electron chi connectivity index (χ1n) is 8.29. The number of nitrogens with zero attached hydrogens (tertiary/aromatic N) is 2. The maximum absolute atomic E-state index is 13.0. The zero-order valence-electron chi connectivity index (χ0n) is 16.0. The number of methoxy groups -OCH3 is 1. The number of hydrogen-bond donors (Lipinski definition) is 0. The molecule has 1 heterocycles. The van der Waals surface area contributed by atoms with Crippen LogP contribution in [0.2, 0.25) is 0 Å². The van der Waals surface area contributed by atoms with Gasteiger partial charge in [0.15, 0.2) is 0 Å². The molecule has 0 fully saturated rings. The van der Waals surface area contributed by atoms with Crippen LogP contribution in [0.5, 0.6) is 0 Å². The van der Waals surface area contributed by atoms with Crippen molar-refractivity contribution >= 4 is 22.8 Å². The fourth-order valence-corrected chi connectivity index (χ4v) is 2.79. The van der Waals surface area contributed by atoms with Crippen molar-refractivity contribution in [3.63, 3.8) is 0 Å². The number of aryl methyl sites for hydroxylation is 2. The second kappa shape index (κ2) is 7.27. The molecule has 0 atom stereocenters. The molecule has 0 radical (unpaired) electrons. The van der Waals surface area contributed by atoms with E-state index in [0.717, 1.165) is 11.1 Å². The van der Waals surface area contributed by atoms with Gasteiger partial charge in [0, 0.05) is 13.5 Å². The van der Waals surface area contributed by atoms with Crippen molar-refractivity contribution in [2.75, 3.05) is 7.11 Å². The van der Waals surface area contributed by atoms with Crippen molar-refractivity contribution in [2.24, 2.45) is 5.41 Å². The van der Waals surface area contributed by atoms with Crippen LogP contribution in [0.4, 0.5) is 0 Å². The summed E-state index contributed by atoms with van der Waals surface area (Å²) in [4.78, 5) is 40.5. The first-order chi connectivity index (χ1) is 12.1. The Morgan fingerprint density at radius 3 is 2.46 bits per heavy atom. The molecule has 1 aromatic heterocycles. The third-order valence-electron chi connectivity index (χ3n) is 4.33. The molecule has 0 amide bonds. The predicted octanol–water partition coefficient (Wildman–Crippen LogP) is 2.28. The average Bonchev–Trinajstić information content (AvgIpc) is 2.56. The second-order valence-electron chi connectivity index (χ2n) is 7.00. The Morgan fingerprint density at radius 2 is 1.88 bits per heavy atom. The minimum atomic E-state index is -0.871. The van der Waals surface area contributed by atoms with Crippen LogP contribution in [-0.2, 0) is 32.2 Å². The fraction of sp³-hybridized carbons (Fsp3) is 0.474. The molecule has 7 nitrogen and oxygen atoms in total. The summed E-state index contributed by atoms with van der Waals surface area (Å²) in [5.41, 5.74) is 1.09. The summed E-state index contributed by atoms with van der Waals surface area (Å²) in [6.07, 6.45) is 0. The van der Waals surface area contributed by atoms with Crippen LogP contribution >= 0.6 is 0 Å². The molecular formula is C19H24N2O5. The summed E-state index contributed by atoms with van der Waals surface area (Å²) in [7, 11) is 1.32. The molecule has 0 N–H and O–H groups in total. The van der Waals surface area contributed by atoms with Gasteiger partial charge in [-0.2, -0.15) is 0 Å². The van der Waals surface area contributed by atoms with E-state index in [1.165, 1.54) is 18.6 Å². The molecule has 140 valence electrons. The summed E-state index contributed by atoms with van der Waals surface area (Å²) >= 11 is 0. The van der Waals surface area contributed by atoms with Crippen LogP contribution in [0, 0.1) is 19.3 Å². The van der Waals surface area contributed by atoms with Crippen molar-refractivity contribution in [2.45, 2.75) is 47.8 Å². The molecule has 0 saturated carbocycles. The number of ether oxygens (including phenoxy) is 2. The van der Waals surface area contributed by atoms with Crippen molar-refractivity contribution in [3.05, 3.63) is 39.4 Å². The number of aromatic nitrogens is 2. The highest BCUT2D eigenvalue weighted by Crippen LogP contribution is 2.22. The summed E-state index contributed by atoms with van der Waals surface area (Å²) < 4.78 is 11.3. The van der Waals surface area contributed by atoms with E-state index in [0.29, 0.717) is 16.7 Å². The molecule has 0 aliphatic heterocycles. The molecule has 2 rings (SSSR count). The van der Waals surface area contributed by atoms with E-state index in [4.69, 9.17) is 9.47 Å². The maximum atomic E-state index is 13.0. The average molecular weight is 360 g/mol. The lowest BCUT2D eigenvalue weighted by Gasteiger charge is -2.23. The quantitative estimate of drug-likeness (QED) is 0.760. The zero-order valence-corrected chi connectivity index (χ0v) is 16.0. The lowest BCUT2D eigenvalue weighted by atomic mass is 9.93. The number of esters is 2. The molecule has 1 aromatic carbocycles. The van der Waals surface area contributed by atoms with Crippen LogP contribution in [0.1, 0.15) is 37.7 Å². The third kappa shape index (κ3) is 3.92. The molecule has 0 unspecified atom stereocenters. The lowest BCUT2D eigenvalue weighted by molar-refractivity contribution is -0.151. The van der Waals surface area contributed by atoms with Crippen LogP contribution in [0.15, 0.2) is 16.9 Å². The number of carbonyl (C=O) groups excluding carboxylic acids is 2.